The van der Waals surface area contributed by atoms with E-state index < -0.39 is 9.05 Å². The van der Waals surface area contributed by atoms with Crippen molar-refractivity contribution in [3.05, 3.63) is 22.7 Å². The van der Waals surface area contributed by atoms with E-state index >= 15 is 0 Å². The largest absolute Gasteiger partial charge is 0.325 e. The molecule has 4 nitrogen and oxygen atoms in total. The first-order chi connectivity index (χ1) is 8.84. The number of unbranched alkanes of at least 4 members (excludes halogenated alkanes) is 2. The fraction of sp³-hybridized carbons (Fsp3) is 0.417. The molecule has 0 saturated carbocycles. The lowest BCUT2D eigenvalue weighted by molar-refractivity contribution is -0.116. The zero-order valence-corrected chi connectivity index (χ0v) is 13.6. The second-order valence-electron chi connectivity index (χ2n) is 4.08. The summed E-state index contributed by atoms with van der Waals surface area (Å²) in [6.07, 6.45) is 3.36. The van der Waals surface area contributed by atoms with Crippen LogP contribution in [-0.2, 0) is 13.8 Å². The molecule has 0 atom stereocenters. The maximum Gasteiger partial charge on any atom is 0.261 e. The summed E-state index contributed by atoms with van der Waals surface area (Å²) in [5, 5.41) is 2.72. The lowest BCUT2D eigenvalue weighted by Gasteiger charge is -2.08. The van der Waals surface area contributed by atoms with Crippen LogP contribution in [0.4, 0.5) is 5.69 Å². The van der Waals surface area contributed by atoms with Crippen molar-refractivity contribution in [2.75, 3.05) is 5.32 Å². The molecule has 0 spiro atoms. The van der Waals surface area contributed by atoms with Gasteiger partial charge in [0.2, 0.25) is 5.91 Å². The Bertz CT molecular complexity index is 560. The van der Waals surface area contributed by atoms with E-state index in [2.05, 4.69) is 28.2 Å². The summed E-state index contributed by atoms with van der Waals surface area (Å²) in [6.45, 7) is 2.07. The summed E-state index contributed by atoms with van der Waals surface area (Å²) in [6, 6.07) is 4.23. The van der Waals surface area contributed by atoms with Gasteiger partial charge in [0.15, 0.2) is 0 Å². The second kappa shape index (κ2) is 7.26. The SMILES string of the molecule is CCCCCC(=O)Nc1ccc(S(=O)(=O)Cl)cc1Br. The molecule has 0 fully saturated rings. The molecular formula is C12H15BrClNO3S. The Balaban J connectivity index is 2.73. The first-order valence-corrected chi connectivity index (χ1v) is 8.99. The Morgan fingerprint density at radius 3 is 2.58 bits per heavy atom. The monoisotopic (exact) mass is 367 g/mol. The van der Waals surface area contributed by atoms with E-state index in [-0.39, 0.29) is 10.8 Å². The highest BCUT2D eigenvalue weighted by atomic mass is 79.9. The second-order valence-corrected chi connectivity index (χ2v) is 7.51. The number of amides is 1. The van der Waals surface area contributed by atoms with Crippen LogP contribution in [0.25, 0.3) is 0 Å². The van der Waals surface area contributed by atoms with Crippen LogP contribution in [0.1, 0.15) is 32.6 Å². The maximum absolute atomic E-state index is 11.6. The Morgan fingerprint density at radius 2 is 2.05 bits per heavy atom. The number of carbonyl (C=O) groups is 1. The molecule has 0 aliphatic carbocycles. The summed E-state index contributed by atoms with van der Waals surface area (Å²) in [4.78, 5) is 11.6. The van der Waals surface area contributed by atoms with E-state index in [4.69, 9.17) is 10.7 Å². The average Bonchev–Trinajstić information content (AvgIpc) is 2.31. The zero-order valence-electron chi connectivity index (χ0n) is 10.4. The Labute approximate surface area is 126 Å². The minimum absolute atomic E-state index is 0.00924. The first kappa shape index (κ1) is 16.5. The number of benzene rings is 1. The van der Waals surface area contributed by atoms with E-state index in [0.29, 0.717) is 16.6 Å². The number of carbonyl (C=O) groups excluding carboxylic acids is 1. The number of hydrogen-bond donors (Lipinski definition) is 1. The summed E-state index contributed by atoms with van der Waals surface area (Å²) in [5.74, 6) is -0.0874. The Kier molecular flexibility index (Phi) is 6.29. The molecule has 0 bridgehead atoms. The van der Waals surface area contributed by atoms with E-state index in [1.54, 1.807) is 0 Å². The van der Waals surface area contributed by atoms with Gasteiger partial charge in [-0.2, -0.15) is 0 Å². The lowest BCUT2D eigenvalue weighted by Crippen LogP contribution is -2.11. The van der Waals surface area contributed by atoms with Crippen LogP contribution in [0, 0.1) is 0 Å². The van der Waals surface area contributed by atoms with Crippen molar-refractivity contribution in [3.8, 4) is 0 Å². The number of halogens is 2. The van der Waals surface area contributed by atoms with Crippen LogP contribution in [0.3, 0.4) is 0 Å². The van der Waals surface area contributed by atoms with Gasteiger partial charge < -0.3 is 5.32 Å². The highest BCUT2D eigenvalue weighted by Gasteiger charge is 2.13. The van der Waals surface area contributed by atoms with Crippen molar-refractivity contribution in [3.63, 3.8) is 0 Å². The molecule has 0 heterocycles. The van der Waals surface area contributed by atoms with Gasteiger partial charge in [0.25, 0.3) is 9.05 Å². The molecule has 0 unspecified atom stereocenters. The number of nitrogens with one attached hydrogen (secondary N) is 1. The number of anilines is 1. The van der Waals surface area contributed by atoms with Gasteiger partial charge in [-0.3, -0.25) is 4.79 Å². The fourth-order valence-corrected chi connectivity index (χ4v) is 2.90. The van der Waals surface area contributed by atoms with Crippen LogP contribution in [0.5, 0.6) is 0 Å². The van der Waals surface area contributed by atoms with Crippen LogP contribution >= 0.6 is 26.6 Å². The van der Waals surface area contributed by atoms with Crippen LogP contribution in [0.2, 0.25) is 0 Å². The van der Waals surface area contributed by atoms with Gasteiger partial charge in [0.05, 0.1) is 10.6 Å². The Morgan fingerprint density at radius 1 is 1.37 bits per heavy atom. The van der Waals surface area contributed by atoms with Crippen molar-refractivity contribution in [2.45, 2.75) is 37.5 Å². The van der Waals surface area contributed by atoms with Gasteiger partial charge in [0.1, 0.15) is 0 Å². The normalized spacial score (nSPS) is 11.3. The molecule has 1 aromatic rings. The summed E-state index contributed by atoms with van der Waals surface area (Å²) < 4.78 is 22.8. The lowest BCUT2D eigenvalue weighted by atomic mass is 10.2. The molecule has 19 heavy (non-hydrogen) atoms. The molecule has 106 valence electrons. The van der Waals surface area contributed by atoms with Crippen LogP contribution in [-0.4, -0.2) is 14.3 Å². The quantitative estimate of drug-likeness (QED) is 0.612. The third-order valence-electron chi connectivity index (χ3n) is 2.50. The molecule has 7 heteroatoms. The molecule has 1 aromatic carbocycles. The van der Waals surface area contributed by atoms with Crippen LogP contribution < -0.4 is 5.32 Å². The molecule has 1 N–H and O–H groups in total. The third kappa shape index (κ3) is 5.50. The standard InChI is InChI=1S/C12H15BrClNO3S/c1-2-3-4-5-12(16)15-11-7-6-9(8-10(11)13)19(14,17)18/h6-8H,2-5H2,1H3,(H,15,16). The van der Waals surface area contributed by atoms with Crippen molar-refractivity contribution in [1.29, 1.82) is 0 Å². The molecule has 1 amide bonds. The van der Waals surface area contributed by atoms with E-state index in [9.17, 15) is 13.2 Å². The maximum atomic E-state index is 11.6. The van der Waals surface area contributed by atoms with E-state index in [0.717, 1.165) is 19.3 Å². The van der Waals surface area contributed by atoms with Crippen molar-refractivity contribution >= 4 is 47.3 Å². The topological polar surface area (TPSA) is 63.2 Å². The summed E-state index contributed by atoms with van der Waals surface area (Å²) >= 11 is 3.21. The van der Waals surface area contributed by atoms with E-state index in [1.807, 2.05) is 0 Å². The molecule has 0 radical (unpaired) electrons. The highest BCUT2D eigenvalue weighted by molar-refractivity contribution is 9.10. The molecule has 1 rings (SSSR count). The molecule has 0 aromatic heterocycles. The molecule has 0 aliphatic rings. The molecular weight excluding hydrogens is 354 g/mol. The molecule has 0 aliphatic heterocycles. The summed E-state index contributed by atoms with van der Waals surface area (Å²) in [5.41, 5.74) is 0.533. The highest BCUT2D eigenvalue weighted by Crippen LogP contribution is 2.27. The van der Waals surface area contributed by atoms with Gasteiger partial charge in [0, 0.05) is 21.6 Å². The van der Waals surface area contributed by atoms with Crippen molar-refractivity contribution in [2.24, 2.45) is 0 Å². The minimum atomic E-state index is -3.76. The van der Waals surface area contributed by atoms with Gasteiger partial charge in [-0.25, -0.2) is 8.42 Å². The molecule has 0 saturated heterocycles. The van der Waals surface area contributed by atoms with Crippen molar-refractivity contribution in [1.82, 2.24) is 0 Å². The van der Waals surface area contributed by atoms with Gasteiger partial charge in [-0.05, 0) is 40.5 Å². The fourth-order valence-electron chi connectivity index (χ4n) is 1.50. The van der Waals surface area contributed by atoms with Gasteiger partial charge in [-0.15, -0.1) is 0 Å². The predicted octanol–water partition coefficient (Wildman–Crippen LogP) is 3.90. The Hall–Kier alpha value is -0.590. The predicted molar refractivity (Wildman–Crippen MR) is 80.0 cm³/mol. The van der Waals surface area contributed by atoms with Crippen LogP contribution in [0.15, 0.2) is 27.6 Å². The van der Waals surface area contributed by atoms with Crippen molar-refractivity contribution < 1.29 is 13.2 Å². The third-order valence-corrected chi connectivity index (χ3v) is 4.51. The first-order valence-electron chi connectivity index (χ1n) is 5.88. The zero-order chi connectivity index (χ0) is 14.5. The minimum Gasteiger partial charge on any atom is -0.325 e. The number of rotatable bonds is 6. The summed E-state index contributed by atoms with van der Waals surface area (Å²) in [7, 11) is 1.48. The average molecular weight is 369 g/mol. The smallest absolute Gasteiger partial charge is 0.261 e. The van der Waals surface area contributed by atoms with E-state index in [1.165, 1.54) is 18.2 Å². The van der Waals surface area contributed by atoms with Gasteiger partial charge >= 0.3 is 0 Å². The number of hydrogen-bond acceptors (Lipinski definition) is 3. The van der Waals surface area contributed by atoms with Gasteiger partial charge in [-0.1, -0.05) is 19.8 Å².